The Morgan fingerprint density at radius 2 is 1.89 bits per heavy atom. The summed E-state index contributed by atoms with van der Waals surface area (Å²) in [5, 5.41) is 4.71. The largest absolute Gasteiger partial charge is 0.496 e. The van der Waals surface area contributed by atoms with Gasteiger partial charge in [-0.05, 0) is 30.2 Å². The molecule has 2 aromatic carbocycles. The number of amides is 2. The second-order valence-electron chi connectivity index (χ2n) is 5.91. The average molecular weight is 386 g/mol. The van der Waals surface area contributed by atoms with Gasteiger partial charge in [-0.2, -0.15) is 4.91 Å². The van der Waals surface area contributed by atoms with E-state index in [2.05, 4.69) is 10.5 Å². The summed E-state index contributed by atoms with van der Waals surface area (Å²) in [6.45, 7) is 0.0819. The van der Waals surface area contributed by atoms with Gasteiger partial charge in [0.25, 0.3) is 5.24 Å². The van der Waals surface area contributed by atoms with E-state index in [9.17, 15) is 14.5 Å². The van der Waals surface area contributed by atoms with Gasteiger partial charge in [-0.1, -0.05) is 47.3 Å². The minimum Gasteiger partial charge on any atom is -0.496 e. The SMILES string of the molecule is COc1ccccc1[C@@H](COc1ccc(CC2SC(=O)NC2=O)cc1)N=O. The van der Waals surface area contributed by atoms with Crippen LogP contribution in [0.4, 0.5) is 4.79 Å². The first kappa shape index (κ1) is 18.9. The van der Waals surface area contributed by atoms with Gasteiger partial charge in [0.2, 0.25) is 5.91 Å². The Morgan fingerprint density at radius 1 is 1.15 bits per heavy atom. The molecule has 0 saturated carbocycles. The zero-order chi connectivity index (χ0) is 19.2. The number of benzene rings is 2. The fraction of sp³-hybridized carbons (Fsp3) is 0.263. The number of para-hydroxylation sites is 1. The van der Waals surface area contributed by atoms with Gasteiger partial charge in [-0.3, -0.25) is 14.9 Å². The number of thioether (sulfide) groups is 1. The Hall–Kier alpha value is -2.87. The number of nitrogens with zero attached hydrogens (tertiary/aromatic N) is 1. The summed E-state index contributed by atoms with van der Waals surface area (Å²) in [6, 6.07) is 13.7. The molecule has 2 amide bonds. The average Bonchev–Trinajstić information content (AvgIpc) is 3.00. The first-order valence-corrected chi connectivity index (χ1v) is 9.17. The molecule has 1 unspecified atom stereocenters. The predicted molar refractivity (Wildman–Crippen MR) is 102 cm³/mol. The van der Waals surface area contributed by atoms with Crippen LogP contribution in [0, 0.1) is 4.91 Å². The van der Waals surface area contributed by atoms with Gasteiger partial charge in [0.15, 0.2) is 6.04 Å². The molecular formula is C19H18N2O5S. The number of methoxy groups -OCH3 is 1. The summed E-state index contributed by atoms with van der Waals surface area (Å²) in [4.78, 5) is 34.1. The fourth-order valence-corrected chi connectivity index (χ4v) is 3.62. The molecule has 3 rings (SSSR count). The molecule has 1 saturated heterocycles. The molecule has 0 bridgehead atoms. The van der Waals surface area contributed by atoms with Crippen LogP contribution in [0.2, 0.25) is 0 Å². The molecule has 1 aliphatic rings. The summed E-state index contributed by atoms with van der Waals surface area (Å²) in [5.41, 5.74) is 1.58. The lowest BCUT2D eigenvalue weighted by molar-refractivity contribution is -0.118. The molecule has 140 valence electrons. The maximum atomic E-state index is 11.6. The van der Waals surface area contributed by atoms with Crippen LogP contribution in [0.1, 0.15) is 17.2 Å². The van der Waals surface area contributed by atoms with Crippen LogP contribution in [-0.2, 0) is 11.2 Å². The molecule has 1 N–H and O–H groups in total. The van der Waals surface area contributed by atoms with Crippen molar-refractivity contribution in [3.63, 3.8) is 0 Å². The zero-order valence-corrected chi connectivity index (χ0v) is 15.4. The molecule has 7 nitrogen and oxygen atoms in total. The van der Waals surface area contributed by atoms with Crippen molar-refractivity contribution in [2.45, 2.75) is 17.7 Å². The van der Waals surface area contributed by atoms with Crippen molar-refractivity contribution in [1.29, 1.82) is 0 Å². The Labute approximate surface area is 160 Å². The third-order valence-corrected chi connectivity index (χ3v) is 5.13. The van der Waals surface area contributed by atoms with E-state index >= 15 is 0 Å². The topological polar surface area (TPSA) is 94.1 Å². The summed E-state index contributed by atoms with van der Waals surface area (Å²) < 4.78 is 11.0. The number of carbonyl (C=O) groups excluding carboxylic acids is 2. The van der Waals surface area contributed by atoms with Crippen molar-refractivity contribution in [2.24, 2.45) is 5.18 Å². The number of hydrogen-bond acceptors (Lipinski definition) is 7. The second kappa shape index (κ2) is 8.68. The first-order valence-electron chi connectivity index (χ1n) is 8.29. The van der Waals surface area contributed by atoms with E-state index in [1.54, 1.807) is 24.3 Å². The molecule has 0 radical (unpaired) electrons. The fourth-order valence-electron chi connectivity index (χ4n) is 2.76. The van der Waals surface area contributed by atoms with Crippen molar-refractivity contribution < 1.29 is 19.1 Å². The van der Waals surface area contributed by atoms with Crippen LogP contribution in [0.15, 0.2) is 53.7 Å². The van der Waals surface area contributed by atoms with Crippen LogP contribution >= 0.6 is 11.8 Å². The van der Waals surface area contributed by atoms with Crippen LogP contribution in [0.5, 0.6) is 11.5 Å². The first-order chi connectivity index (χ1) is 13.1. The van der Waals surface area contributed by atoms with E-state index in [0.717, 1.165) is 17.3 Å². The number of ether oxygens (including phenoxy) is 2. The number of nitroso groups, excluding NO2 is 1. The molecule has 0 aliphatic carbocycles. The third kappa shape index (κ3) is 4.65. The standard InChI is InChI=1S/C19H18N2O5S/c1-25-16-5-3-2-4-14(16)15(21-24)11-26-13-8-6-12(7-9-13)10-17-18(22)20-19(23)27-17/h2-9,15,17H,10-11H2,1H3,(H,20,22,23)/t15-,17?/m1/s1. The monoisotopic (exact) mass is 386 g/mol. The van der Waals surface area contributed by atoms with Gasteiger partial charge in [-0.15, -0.1) is 0 Å². The van der Waals surface area contributed by atoms with E-state index in [1.165, 1.54) is 7.11 Å². The highest BCUT2D eigenvalue weighted by Gasteiger charge is 2.31. The smallest absolute Gasteiger partial charge is 0.286 e. The number of hydrogen-bond donors (Lipinski definition) is 1. The van der Waals surface area contributed by atoms with E-state index in [0.29, 0.717) is 23.5 Å². The predicted octanol–water partition coefficient (Wildman–Crippen LogP) is 3.48. The third-order valence-electron chi connectivity index (χ3n) is 4.14. The zero-order valence-electron chi connectivity index (χ0n) is 14.6. The summed E-state index contributed by atoms with van der Waals surface area (Å²) in [7, 11) is 1.54. The molecule has 1 fully saturated rings. The van der Waals surface area contributed by atoms with Crippen molar-refractivity contribution in [1.82, 2.24) is 5.32 Å². The number of imide groups is 1. The summed E-state index contributed by atoms with van der Waals surface area (Å²) in [5.74, 6) is 0.909. The van der Waals surface area contributed by atoms with Crippen molar-refractivity contribution in [3.8, 4) is 11.5 Å². The Bertz CT molecular complexity index is 840. The highest BCUT2D eigenvalue weighted by molar-refractivity contribution is 8.15. The molecule has 1 heterocycles. The minimum absolute atomic E-state index is 0.0819. The van der Waals surface area contributed by atoms with Gasteiger partial charge in [0.05, 0.1) is 12.4 Å². The van der Waals surface area contributed by atoms with Crippen LogP contribution < -0.4 is 14.8 Å². The van der Waals surface area contributed by atoms with Gasteiger partial charge in [0, 0.05) is 5.56 Å². The maximum absolute atomic E-state index is 11.6. The summed E-state index contributed by atoms with van der Waals surface area (Å²) in [6.07, 6.45) is 0.461. The maximum Gasteiger partial charge on any atom is 0.286 e. The molecule has 27 heavy (non-hydrogen) atoms. The molecular weight excluding hydrogens is 368 g/mol. The van der Waals surface area contributed by atoms with E-state index in [1.807, 2.05) is 24.3 Å². The highest BCUT2D eigenvalue weighted by Crippen LogP contribution is 2.28. The van der Waals surface area contributed by atoms with E-state index in [4.69, 9.17) is 9.47 Å². The van der Waals surface area contributed by atoms with Gasteiger partial charge < -0.3 is 9.47 Å². The van der Waals surface area contributed by atoms with Gasteiger partial charge in [-0.25, -0.2) is 0 Å². The molecule has 2 atom stereocenters. The van der Waals surface area contributed by atoms with Crippen LogP contribution in [0.3, 0.4) is 0 Å². The summed E-state index contributed by atoms with van der Waals surface area (Å²) >= 11 is 1.00. The van der Waals surface area contributed by atoms with E-state index in [-0.39, 0.29) is 17.8 Å². The normalized spacial score (nSPS) is 17.3. The Kier molecular flexibility index (Phi) is 6.08. The highest BCUT2D eigenvalue weighted by atomic mass is 32.2. The van der Waals surface area contributed by atoms with Crippen molar-refractivity contribution >= 4 is 22.9 Å². The molecule has 0 aromatic heterocycles. The van der Waals surface area contributed by atoms with E-state index < -0.39 is 11.3 Å². The molecule has 0 spiro atoms. The van der Waals surface area contributed by atoms with Crippen molar-refractivity contribution in [2.75, 3.05) is 13.7 Å². The van der Waals surface area contributed by atoms with Gasteiger partial charge in [0.1, 0.15) is 18.1 Å². The number of carbonyl (C=O) groups is 2. The minimum atomic E-state index is -0.689. The number of rotatable bonds is 8. The quantitative estimate of drug-likeness (QED) is 0.698. The Morgan fingerprint density at radius 3 is 2.52 bits per heavy atom. The van der Waals surface area contributed by atoms with Crippen molar-refractivity contribution in [3.05, 3.63) is 64.6 Å². The lowest BCUT2D eigenvalue weighted by atomic mass is 10.1. The molecule has 1 aliphatic heterocycles. The molecule has 2 aromatic rings. The Balaban J connectivity index is 1.60. The van der Waals surface area contributed by atoms with Gasteiger partial charge >= 0.3 is 0 Å². The lowest BCUT2D eigenvalue weighted by Crippen LogP contribution is -2.25. The molecule has 8 heteroatoms. The number of nitrogens with one attached hydrogen (secondary N) is 1. The van der Waals surface area contributed by atoms with Crippen LogP contribution in [0.25, 0.3) is 0 Å². The lowest BCUT2D eigenvalue weighted by Gasteiger charge is -2.14. The van der Waals surface area contributed by atoms with Crippen LogP contribution in [-0.4, -0.2) is 30.1 Å². The second-order valence-corrected chi connectivity index (χ2v) is 7.08.